The maximum Gasteiger partial charge on any atom is 0.379 e. The molecule has 1 saturated carbocycles. The summed E-state index contributed by atoms with van der Waals surface area (Å²) in [5, 5.41) is 9.36. The normalized spacial score (nSPS) is 16.1. The highest BCUT2D eigenvalue weighted by molar-refractivity contribution is 6.40. The van der Waals surface area contributed by atoms with Crippen LogP contribution in [0.3, 0.4) is 0 Å². The number of hydrogen-bond donors (Lipinski definition) is 1. The molecule has 0 unspecified atom stereocenters. The second kappa shape index (κ2) is 4.90. The van der Waals surface area contributed by atoms with Gasteiger partial charge in [-0.2, -0.15) is 0 Å². The number of rotatable bonds is 5. The molecule has 0 heterocycles. The Morgan fingerprint density at radius 3 is 2.67 bits per heavy atom. The van der Waals surface area contributed by atoms with Crippen molar-refractivity contribution in [2.45, 2.75) is 25.2 Å². The van der Waals surface area contributed by atoms with E-state index < -0.39 is 11.8 Å². The van der Waals surface area contributed by atoms with Crippen LogP contribution in [0.25, 0.3) is 0 Å². The zero-order valence-corrected chi connectivity index (χ0v) is 10.3. The highest BCUT2D eigenvalue weighted by Gasteiger charge is 2.43. The monoisotopic (exact) mass is 248 g/mol. The van der Waals surface area contributed by atoms with Gasteiger partial charge in [0.1, 0.15) is 0 Å². The van der Waals surface area contributed by atoms with Gasteiger partial charge in [0, 0.05) is 11.0 Å². The number of aliphatic hydroxyl groups is 1. The third kappa shape index (κ3) is 2.29. The SMILES string of the molecule is CCOC(=O)C(=O)c1cccc(C2(CO)CC2)c1. The fourth-order valence-electron chi connectivity index (χ4n) is 1.99. The zero-order chi connectivity index (χ0) is 13.2. The van der Waals surface area contributed by atoms with E-state index in [1.165, 1.54) is 0 Å². The minimum absolute atomic E-state index is 0.0735. The van der Waals surface area contributed by atoms with E-state index in [-0.39, 0.29) is 18.6 Å². The number of ether oxygens (including phenoxy) is 1. The second-order valence-corrected chi connectivity index (χ2v) is 4.57. The summed E-state index contributed by atoms with van der Waals surface area (Å²) in [4.78, 5) is 23.2. The number of hydrogen-bond acceptors (Lipinski definition) is 4. The molecule has 0 radical (unpaired) electrons. The Bertz CT molecular complexity index is 474. The summed E-state index contributed by atoms with van der Waals surface area (Å²) < 4.78 is 4.69. The summed E-state index contributed by atoms with van der Waals surface area (Å²) in [6.45, 7) is 1.92. The lowest BCUT2D eigenvalue weighted by Crippen LogP contribution is -2.19. The van der Waals surface area contributed by atoms with Crippen molar-refractivity contribution < 1.29 is 19.4 Å². The number of carbonyl (C=O) groups excluding carboxylic acids is 2. The Morgan fingerprint density at radius 1 is 1.39 bits per heavy atom. The Balaban J connectivity index is 2.22. The van der Waals surface area contributed by atoms with Crippen LogP contribution in [0.4, 0.5) is 0 Å². The number of Topliss-reactive ketones (excluding diaryl/α,β-unsaturated/α-hetero) is 1. The van der Waals surface area contributed by atoms with Crippen LogP contribution in [-0.4, -0.2) is 30.1 Å². The van der Waals surface area contributed by atoms with Crippen LogP contribution in [0.15, 0.2) is 24.3 Å². The van der Waals surface area contributed by atoms with Crippen molar-refractivity contribution in [3.8, 4) is 0 Å². The fraction of sp³-hybridized carbons (Fsp3) is 0.429. The third-order valence-electron chi connectivity index (χ3n) is 3.35. The molecule has 0 spiro atoms. The van der Waals surface area contributed by atoms with Crippen LogP contribution in [0.5, 0.6) is 0 Å². The molecule has 4 nitrogen and oxygen atoms in total. The van der Waals surface area contributed by atoms with Crippen molar-refractivity contribution in [3.05, 3.63) is 35.4 Å². The quantitative estimate of drug-likeness (QED) is 0.486. The standard InChI is InChI=1S/C14H16O4/c1-2-18-13(17)12(16)10-4-3-5-11(8-10)14(9-15)6-7-14/h3-5,8,15H,2,6-7,9H2,1H3. The van der Waals surface area contributed by atoms with E-state index in [0.29, 0.717) is 5.56 Å². The Kier molecular flexibility index (Phi) is 3.48. The number of aliphatic hydroxyl groups excluding tert-OH is 1. The van der Waals surface area contributed by atoms with Gasteiger partial charge in [-0.05, 0) is 31.4 Å². The largest absolute Gasteiger partial charge is 0.460 e. The van der Waals surface area contributed by atoms with Crippen molar-refractivity contribution in [1.82, 2.24) is 0 Å². The fourth-order valence-corrected chi connectivity index (χ4v) is 1.99. The molecule has 0 aromatic heterocycles. The highest BCUT2D eigenvalue weighted by atomic mass is 16.5. The van der Waals surface area contributed by atoms with Crippen LogP contribution in [0, 0.1) is 0 Å². The predicted molar refractivity (Wildman–Crippen MR) is 65.4 cm³/mol. The van der Waals surface area contributed by atoms with Crippen LogP contribution >= 0.6 is 0 Å². The van der Waals surface area contributed by atoms with Gasteiger partial charge in [-0.3, -0.25) is 4.79 Å². The predicted octanol–water partition coefficient (Wildman–Crippen LogP) is 1.46. The van der Waals surface area contributed by atoms with Crippen LogP contribution in [0.2, 0.25) is 0 Å². The van der Waals surface area contributed by atoms with Crippen molar-refractivity contribution in [2.75, 3.05) is 13.2 Å². The summed E-state index contributed by atoms with van der Waals surface area (Å²) in [7, 11) is 0. The van der Waals surface area contributed by atoms with Gasteiger partial charge in [0.05, 0.1) is 13.2 Å². The minimum Gasteiger partial charge on any atom is -0.460 e. The lowest BCUT2D eigenvalue weighted by Gasteiger charge is -2.12. The number of ketones is 1. The lowest BCUT2D eigenvalue weighted by atomic mass is 9.94. The molecule has 4 heteroatoms. The molecule has 1 aromatic rings. The molecular weight excluding hydrogens is 232 g/mol. The Labute approximate surface area is 106 Å². The first-order valence-corrected chi connectivity index (χ1v) is 6.06. The van der Waals surface area contributed by atoms with Crippen molar-refractivity contribution >= 4 is 11.8 Å². The molecule has 1 N–H and O–H groups in total. The van der Waals surface area contributed by atoms with E-state index in [0.717, 1.165) is 18.4 Å². The van der Waals surface area contributed by atoms with Gasteiger partial charge < -0.3 is 9.84 Å². The van der Waals surface area contributed by atoms with Crippen molar-refractivity contribution in [3.63, 3.8) is 0 Å². The Hall–Kier alpha value is -1.68. The second-order valence-electron chi connectivity index (χ2n) is 4.57. The smallest absolute Gasteiger partial charge is 0.379 e. The molecule has 18 heavy (non-hydrogen) atoms. The molecule has 0 saturated heterocycles. The number of esters is 1. The first kappa shape index (κ1) is 12.8. The molecule has 0 aliphatic heterocycles. The zero-order valence-electron chi connectivity index (χ0n) is 10.3. The molecule has 1 fully saturated rings. The van der Waals surface area contributed by atoms with Gasteiger partial charge in [0.15, 0.2) is 0 Å². The summed E-state index contributed by atoms with van der Waals surface area (Å²) in [6, 6.07) is 6.89. The summed E-state index contributed by atoms with van der Waals surface area (Å²) >= 11 is 0. The number of benzene rings is 1. The van der Waals surface area contributed by atoms with E-state index in [9.17, 15) is 14.7 Å². The van der Waals surface area contributed by atoms with E-state index in [4.69, 9.17) is 0 Å². The third-order valence-corrected chi connectivity index (χ3v) is 3.35. The van der Waals surface area contributed by atoms with Crippen LogP contribution < -0.4 is 0 Å². The molecule has 2 rings (SSSR count). The molecule has 96 valence electrons. The van der Waals surface area contributed by atoms with E-state index >= 15 is 0 Å². The van der Waals surface area contributed by atoms with Gasteiger partial charge in [-0.1, -0.05) is 18.2 Å². The van der Waals surface area contributed by atoms with Crippen molar-refractivity contribution in [2.24, 2.45) is 0 Å². The highest BCUT2D eigenvalue weighted by Crippen LogP contribution is 2.47. The van der Waals surface area contributed by atoms with E-state index in [1.54, 1.807) is 25.1 Å². The summed E-state index contributed by atoms with van der Waals surface area (Å²) in [6.07, 6.45) is 1.83. The topological polar surface area (TPSA) is 63.6 Å². The molecule has 0 atom stereocenters. The van der Waals surface area contributed by atoms with Gasteiger partial charge >= 0.3 is 5.97 Å². The first-order valence-electron chi connectivity index (χ1n) is 6.06. The molecule has 0 amide bonds. The maximum absolute atomic E-state index is 11.8. The molecule has 0 bridgehead atoms. The van der Waals surface area contributed by atoms with Crippen molar-refractivity contribution in [1.29, 1.82) is 0 Å². The van der Waals surface area contributed by atoms with Gasteiger partial charge in [0.25, 0.3) is 5.78 Å². The molecule has 1 aliphatic carbocycles. The van der Waals surface area contributed by atoms with E-state index in [2.05, 4.69) is 4.74 Å². The maximum atomic E-state index is 11.8. The molecular formula is C14H16O4. The van der Waals surface area contributed by atoms with Crippen LogP contribution in [0.1, 0.15) is 35.7 Å². The number of carbonyl (C=O) groups is 2. The summed E-state index contributed by atoms with van der Waals surface area (Å²) in [5.41, 5.74) is 1.04. The molecule has 1 aromatic carbocycles. The minimum atomic E-state index is -0.830. The lowest BCUT2D eigenvalue weighted by molar-refractivity contribution is -0.137. The first-order chi connectivity index (χ1) is 8.63. The average Bonchev–Trinajstić information content (AvgIpc) is 3.19. The van der Waals surface area contributed by atoms with E-state index in [1.807, 2.05) is 6.07 Å². The average molecular weight is 248 g/mol. The van der Waals surface area contributed by atoms with Crippen LogP contribution in [-0.2, 0) is 14.9 Å². The van der Waals surface area contributed by atoms with Gasteiger partial charge in [-0.25, -0.2) is 4.79 Å². The van der Waals surface area contributed by atoms with Gasteiger partial charge in [-0.15, -0.1) is 0 Å². The van der Waals surface area contributed by atoms with Gasteiger partial charge in [0.2, 0.25) is 0 Å². The Morgan fingerprint density at radius 2 is 2.11 bits per heavy atom. The molecule has 1 aliphatic rings. The summed E-state index contributed by atoms with van der Waals surface area (Å²) in [5.74, 6) is -1.46.